The number of carboxylic acids is 1. The summed E-state index contributed by atoms with van der Waals surface area (Å²) in [5, 5.41) is 13.2. The standard InChI is InChI=1S/C18H25N5O2/c1-12-9-15(6-7-17(24)25)21-18(20-12)16-5-4-8-23(16)11-14-10-19-22(3)13(14)2/h9-10,16H,4-8,11H2,1-3H3,(H,24,25)/t16-/m0/s1. The molecule has 7 heteroatoms. The van der Waals surface area contributed by atoms with E-state index in [9.17, 15) is 4.79 Å². The Hall–Kier alpha value is -2.28. The van der Waals surface area contributed by atoms with Crippen molar-refractivity contribution in [3.63, 3.8) is 0 Å². The van der Waals surface area contributed by atoms with Gasteiger partial charge in [0.05, 0.1) is 18.7 Å². The Morgan fingerprint density at radius 1 is 1.36 bits per heavy atom. The number of aliphatic carboxylic acids is 1. The summed E-state index contributed by atoms with van der Waals surface area (Å²) in [7, 11) is 1.96. The molecule has 25 heavy (non-hydrogen) atoms. The van der Waals surface area contributed by atoms with Gasteiger partial charge in [-0.15, -0.1) is 0 Å². The van der Waals surface area contributed by atoms with Crippen LogP contribution in [0.2, 0.25) is 0 Å². The Balaban J connectivity index is 1.79. The van der Waals surface area contributed by atoms with Crippen LogP contribution in [0.15, 0.2) is 12.3 Å². The van der Waals surface area contributed by atoms with Gasteiger partial charge in [0.15, 0.2) is 0 Å². The molecule has 1 fully saturated rings. The first-order valence-corrected chi connectivity index (χ1v) is 8.72. The lowest BCUT2D eigenvalue weighted by molar-refractivity contribution is -0.136. The van der Waals surface area contributed by atoms with Crippen LogP contribution in [0, 0.1) is 13.8 Å². The number of likely N-dealkylation sites (tertiary alicyclic amines) is 1. The minimum atomic E-state index is -0.799. The smallest absolute Gasteiger partial charge is 0.303 e. The summed E-state index contributed by atoms with van der Waals surface area (Å²) in [5.74, 6) is 0.0202. The zero-order valence-electron chi connectivity index (χ0n) is 15.1. The predicted molar refractivity (Wildman–Crippen MR) is 93.1 cm³/mol. The first-order valence-electron chi connectivity index (χ1n) is 8.72. The molecule has 1 atom stereocenters. The topological polar surface area (TPSA) is 84.1 Å². The number of aryl methyl sites for hydroxylation is 3. The molecule has 3 rings (SSSR count). The summed E-state index contributed by atoms with van der Waals surface area (Å²) in [5.41, 5.74) is 4.12. The summed E-state index contributed by atoms with van der Waals surface area (Å²) < 4.78 is 1.90. The van der Waals surface area contributed by atoms with Gasteiger partial charge in [0.2, 0.25) is 0 Å². The van der Waals surface area contributed by atoms with Crippen LogP contribution < -0.4 is 0 Å². The van der Waals surface area contributed by atoms with Crippen LogP contribution in [-0.2, 0) is 24.8 Å². The second-order valence-corrected chi connectivity index (χ2v) is 6.76. The predicted octanol–water partition coefficient (Wildman–Crippen LogP) is 2.18. The number of hydrogen-bond donors (Lipinski definition) is 1. The summed E-state index contributed by atoms with van der Waals surface area (Å²) in [6.45, 7) is 5.88. The van der Waals surface area contributed by atoms with Crippen LogP contribution in [0.4, 0.5) is 0 Å². The number of rotatable bonds is 6. The van der Waals surface area contributed by atoms with Crippen LogP contribution in [0.25, 0.3) is 0 Å². The summed E-state index contributed by atoms with van der Waals surface area (Å²) >= 11 is 0. The second kappa shape index (κ2) is 7.31. The molecule has 0 radical (unpaired) electrons. The molecule has 1 aliphatic heterocycles. The van der Waals surface area contributed by atoms with Gasteiger partial charge in [-0.3, -0.25) is 14.4 Å². The molecule has 0 amide bonds. The molecular formula is C18H25N5O2. The van der Waals surface area contributed by atoms with Gasteiger partial charge < -0.3 is 5.11 Å². The van der Waals surface area contributed by atoms with E-state index >= 15 is 0 Å². The Morgan fingerprint density at radius 2 is 2.16 bits per heavy atom. The van der Waals surface area contributed by atoms with E-state index in [1.165, 1.54) is 11.3 Å². The first-order chi connectivity index (χ1) is 11.9. The highest BCUT2D eigenvalue weighted by Crippen LogP contribution is 2.32. The molecule has 0 spiro atoms. The van der Waals surface area contributed by atoms with Crippen molar-refractivity contribution in [2.45, 2.75) is 52.1 Å². The minimum Gasteiger partial charge on any atom is -0.481 e. The molecule has 0 aliphatic carbocycles. The Labute approximate surface area is 147 Å². The third-order valence-electron chi connectivity index (χ3n) is 4.89. The van der Waals surface area contributed by atoms with E-state index in [0.717, 1.165) is 43.1 Å². The van der Waals surface area contributed by atoms with Crippen molar-refractivity contribution in [1.82, 2.24) is 24.6 Å². The number of nitrogens with zero attached hydrogens (tertiary/aromatic N) is 5. The van der Waals surface area contributed by atoms with Gasteiger partial charge in [-0.25, -0.2) is 9.97 Å². The van der Waals surface area contributed by atoms with Crippen molar-refractivity contribution in [2.75, 3.05) is 6.54 Å². The zero-order chi connectivity index (χ0) is 18.0. The molecule has 3 heterocycles. The normalized spacial score (nSPS) is 18.0. The highest BCUT2D eigenvalue weighted by Gasteiger charge is 2.29. The van der Waals surface area contributed by atoms with Gasteiger partial charge in [0, 0.05) is 42.7 Å². The molecule has 134 valence electrons. The van der Waals surface area contributed by atoms with Crippen molar-refractivity contribution in [3.8, 4) is 0 Å². The Morgan fingerprint density at radius 3 is 2.84 bits per heavy atom. The summed E-state index contributed by atoms with van der Waals surface area (Å²) in [6.07, 6.45) is 4.62. The fourth-order valence-electron chi connectivity index (χ4n) is 3.40. The lowest BCUT2D eigenvalue weighted by atomic mass is 10.1. The number of carbonyl (C=O) groups is 1. The van der Waals surface area contributed by atoms with Gasteiger partial charge in [0.1, 0.15) is 5.82 Å². The number of hydrogen-bond acceptors (Lipinski definition) is 5. The monoisotopic (exact) mass is 343 g/mol. The average Bonchev–Trinajstić information content (AvgIpc) is 3.15. The van der Waals surface area contributed by atoms with Crippen molar-refractivity contribution >= 4 is 5.97 Å². The zero-order valence-corrected chi connectivity index (χ0v) is 15.1. The maximum absolute atomic E-state index is 10.8. The average molecular weight is 343 g/mol. The highest BCUT2D eigenvalue weighted by molar-refractivity contribution is 5.66. The number of carboxylic acid groups (broad SMARTS) is 1. The van der Waals surface area contributed by atoms with E-state index in [1.54, 1.807) is 0 Å². The lowest BCUT2D eigenvalue weighted by Crippen LogP contribution is -2.25. The van der Waals surface area contributed by atoms with Crippen molar-refractivity contribution in [2.24, 2.45) is 7.05 Å². The van der Waals surface area contributed by atoms with E-state index in [-0.39, 0.29) is 12.5 Å². The molecule has 0 bridgehead atoms. The molecule has 0 aromatic carbocycles. The van der Waals surface area contributed by atoms with Crippen LogP contribution in [0.3, 0.4) is 0 Å². The van der Waals surface area contributed by atoms with Gasteiger partial charge in [-0.1, -0.05) is 0 Å². The Kier molecular flexibility index (Phi) is 5.13. The third kappa shape index (κ3) is 4.04. The van der Waals surface area contributed by atoms with Crippen molar-refractivity contribution in [1.29, 1.82) is 0 Å². The van der Waals surface area contributed by atoms with Crippen LogP contribution in [0.5, 0.6) is 0 Å². The second-order valence-electron chi connectivity index (χ2n) is 6.76. The maximum atomic E-state index is 10.8. The minimum absolute atomic E-state index is 0.0964. The molecule has 0 unspecified atom stereocenters. The van der Waals surface area contributed by atoms with Crippen LogP contribution in [0.1, 0.15) is 53.8 Å². The van der Waals surface area contributed by atoms with Crippen molar-refractivity contribution < 1.29 is 9.90 Å². The lowest BCUT2D eigenvalue weighted by Gasteiger charge is -2.23. The molecule has 1 aliphatic rings. The van der Waals surface area contributed by atoms with Gasteiger partial charge in [-0.05, 0) is 39.3 Å². The molecule has 0 saturated carbocycles. The summed E-state index contributed by atoms with van der Waals surface area (Å²) in [6, 6.07) is 2.07. The van der Waals surface area contributed by atoms with Gasteiger partial charge >= 0.3 is 5.97 Å². The first kappa shape index (κ1) is 17.5. The van der Waals surface area contributed by atoms with E-state index in [4.69, 9.17) is 5.11 Å². The molecule has 2 aromatic rings. The molecule has 2 aromatic heterocycles. The van der Waals surface area contributed by atoms with Crippen LogP contribution in [-0.4, -0.2) is 42.3 Å². The van der Waals surface area contributed by atoms with E-state index < -0.39 is 5.97 Å². The molecule has 1 saturated heterocycles. The quantitative estimate of drug-likeness (QED) is 0.865. The Bertz CT molecular complexity index is 771. The third-order valence-corrected chi connectivity index (χ3v) is 4.89. The van der Waals surface area contributed by atoms with E-state index in [2.05, 4.69) is 26.9 Å². The van der Waals surface area contributed by atoms with Gasteiger partial charge in [0.25, 0.3) is 0 Å². The van der Waals surface area contributed by atoms with E-state index in [1.807, 2.05) is 30.9 Å². The van der Waals surface area contributed by atoms with E-state index in [0.29, 0.717) is 6.42 Å². The number of aromatic nitrogens is 4. The highest BCUT2D eigenvalue weighted by atomic mass is 16.4. The summed E-state index contributed by atoms with van der Waals surface area (Å²) in [4.78, 5) is 22.5. The molecule has 7 nitrogen and oxygen atoms in total. The SMILES string of the molecule is Cc1cc(CCC(=O)O)nc([C@@H]2CCCN2Cc2cnn(C)c2C)n1. The molecular weight excluding hydrogens is 318 g/mol. The fourth-order valence-corrected chi connectivity index (χ4v) is 3.40. The van der Waals surface area contributed by atoms with Crippen LogP contribution >= 0.6 is 0 Å². The largest absolute Gasteiger partial charge is 0.481 e. The fraction of sp³-hybridized carbons (Fsp3) is 0.556. The molecule has 1 N–H and O–H groups in total. The van der Waals surface area contributed by atoms with Crippen molar-refractivity contribution in [3.05, 3.63) is 40.7 Å². The maximum Gasteiger partial charge on any atom is 0.303 e. The van der Waals surface area contributed by atoms with Gasteiger partial charge in [-0.2, -0.15) is 5.10 Å².